The van der Waals surface area contributed by atoms with Gasteiger partial charge in [0, 0.05) is 21.8 Å². The van der Waals surface area contributed by atoms with Crippen LogP contribution in [0.15, 0.2) is 27.5 Å². The highest BCUT2D eigenvalue weighted by Crippen LogP contribution is 2.39. The molecule has 0 spiro atoms. The van der Waals surface area contributed by atoms with Crippen LogP contribution in [0.4, 0.5) is 5.69 Å². The minimum Gasteiger partial charge on any atom is -0.423 e. The molecule has 1 aliphatic rings. The molecular formula is C17H23N3OS. The summed E-state index contributed by atoms with van der Waals surface area (Å²) in [5, 5.41) is 12.3. The number of thioether (sulfide) groups is 1. The largest absolute Gasteiger partial charge is 0.423 e. The highest BCUT2D eigenvalue weighted by molar-refractivity contribution is 7.99. The second kappa shape index (κ2) is 6.73. The zero-order chi connectivity index (χ0) is 15.5. The predicted molar refractivity (Wildman–Crippen MR) is 90.4 cm³/mol. The molecule has 5 heteroatoms. The summed E-state index contributed by atoms with van der Waals surface area (Å²) in [5.41, 5.74) is 2.37. The summed E-state index contributed by atoms with van der Waals surface area (Å²) in [4.78, 5) is 1.33. The number of anilines is 1. The van der Waals surface area contributed by atoms with Crippen LogP contribution in [0.25, 0.3) is 0 Å². The van der Waals surface area contributed by atoms with Crippen LogP contribution in [0.2, 0.25) is 0 Å². The molecule has 0 bridgehead atoms. The Bertz CT molecular complexity index is 637. The third kappa shape index (κ3) is 3.83. The summed E-state index contributed by atoms with van der Waals surface area (Å²) >= 11 is 1.93. The number of nitrogens with zero attached hydrogens (tertiary/aromatic N) is 2. The first kappa shape index (κ1) is 15.4. The molecule has 0 saturated heterocycles. The Morgan fingerprint density at radius 3 is 2.86 bits per heavy atom. The smallest absolute Gasteiger partial charge is 0.235 e. The van der Waals surface area contributed by atoms with Crippen LogP contribution in [0.1, 0.15) is 56.4 Å². The number of aromatic nitrogens is 2. The van der Waals surface area contributed by atoms with E-state index in [2.05, 4.69) is 54.5 Å². The lowest BCUT2D eigenvalue weighted by Gasteiger charge is -2.12. The standard InChI is InChI=1S/C17H23N3OS/c1-4-12(3)22-14-7-8-15(11(2)9-14)18-10-16-19-20-17(21-16)13-5-6-13/h7-9,12-13,18H,4-6,10H2,1-3H3/t12-/m1/s1. The molecule has 1 atom stereocenters. The van der Waals surface area contributed by atoms with Crippen LogP contribution < -0.4 is 5.32 Å². The number of benzene rings is 1. The fourth-order valence-electron chi connectivity index (χ4n) is 2.23. The Balaban J connectivity index is 1.59. The zero-order valence-electron chi connectivity index (χ0n) is 13.4. The zero-order valence-corrected chi connectivity index (χ0v) is 14.2. The van der Waals surface area contributed by atoms with Crippen molar-refractivity contribution in [2.45, 2.75) is 62.6 Å². The average Bonchev–Trinajstić information content (AvgIpc) is 3.25. The molecule has 1 N–H and O–H groups in total. The maximum Gasteiger partial charge on any atom is 0.235 e. The van der Waals surface area contributed by atoms with E-state index in [9.17, 15) is 0 Å². The van der Waals surface area contributed by atoms with Crippen molar-refractivity contribution < 1.29 is 4.42 Å². The molecule has 118 valence electrons. The summed E-state index contributed by atoms with van der Waals surface area (Å²) in [6, 6.07) is 6.55. The average molecular weight is 317 g/mol. The molecule has 2 aromatic rings. The number of hydrogen-bond acceptors (Lipinski definition) is 5. The number of nitrogens with one attached hydrogen (secondary N) is 1. The lowest BCUT2D eigenvalue weighted by Crippen LogP contribution is -2.01. The van der Waals surface area contributed by atoms with E-state index in [1.54, 1.807) is 0 Å². The van der Waals surface area contributed by atoms with Gasteiger partial charge in [0.15, 0.2) is 0 Å². The van der Waals surface area contributed by atoms with Crippen molar-refractivity contribution in [3.8, 4) is 0 Å². The fourth-order valence-corrected chi connectivity index (χ4v) is 3.25. The molecule has 0 radical (unpaired) electrons. The molecule has 4 nitrogen and oxygen atoms in total. The van der Waals surface area contributed by atoms with Crippen LogP contribution >= 0.6 is 11.8 Å². The van der Waals surface area contributed by atoms with E-state index in [4.69, 9.17) is 4.42 Å². The van der Waals surface area contributed by atoms with Crippen LogP contribution in [-0.2, 0) is 6.54 Å². The SMILES string of the molecule is CC[C@@H](C)Sc1ccc(NCc2nnc(C3CC3)o2)c(C)c1. The Hall–Kier alpha value is -1.49. The van der Waals surface area contributed by atoms with Crippen molar-refractivity contribution in [1.29, 1.82) is 0 Å². The summed E-state index contributed by atoms with van der Waals surface area (Å²) in [5.74, 6) is 1.98. The van der Waals surface area contributed by atoms with Gasteiger partial charge in [0.2, 0.25) is 11.8 Å². The molecule has 22 heavy (non-hydrogen) atoms. The van der Waals surface area contributed by atoms with Gasteiger partial charge in [0.05, 0.1) is 6.54 Å². The Kier molecular flexibility index (Phi) is 4.71. The molecule has 0 unspecified atom stereocenters. The molecule has 0 amide bonds. The van der Waals surface area contributed by atoms with E-state index in [1.807, 2.05) is 11.8 Å². The van der Waals surface area contributed by atoms with E-state index in [0.29, 0.717) is 23.6 Å². The van der Waals surface area contributed by atoms with Crippen LogP contribution in [0.5, 0.6) is 0 Å². The van der Waals surface area contributed by atoms with Crippen molar-refractivity contribution >= 4 is 17.4 Å². The van der Waals surface area contributed by atoms with E-state index in [-0.39, 0.29) is 0 Å². The molecule has 1 heterocycles. The summed E-state index contributed by atoms with van der Waals surface area (Å²) in [7, 11) is 0. The van der Waals surface area contributed by atoms with Crippen LogP contribution in [0.3, 0.4) is 0 Å². The van der Waals surface area contributed by atoms with Gasteiger partial charge in [-0.3, -0.25) is 0 Å². The van der Waals surface area contributed by atoms with Gasteiger partial charge >= 0.3 is 0 Å². The third-order valence-corrected chi connectivity index (χ3v) is 5.21. The Morgan fingerprint density at radius 2 is 2.18 bits per heavy atom. The highest BCUT2D eigenvalue weighted by atomic mass is 32.2. The topological polar surface area (TPSA) is 51.0 Å². The predicted octanol–water partition coefficient (Wildman–Crippen LogP) is 4.76. The maximum absolute atomic E-state index is 5.67. The monoisotopic (exact) mass is 317 g/mol. The molecule has 0 aliphatic heterocycles. The van der Waals surface area contributed by atoms with Gasteiger partial charge in [-0.25, -0.2) is 0 Å². The van der Waals surface area contributed by atoms with E-state index in [1.165, 1.54) is 29.7 Å². The van der Waals surface area contributed by atoms with Gasteiger partial charge in [-0.15, -0.1) is 22.0 Å². The fraction of sp³-hybridized carbons (Fsp3) is 0.529. The van der Waals surface area contributed by atoms with Crippen molar-refractivity contribution in [3.05, 3.63) is 35.5 Å². The summed E-state index contributed by atoms with van der Waals surface area (Å²) < 4.78 is 5.67. The first-order valence-corrected chi connectivity index (χ1v) is 8.87. The lowest BCUT2D eigenvalue weighted by atomic mass is 10.2. The summed E-state index contributed by atoms with van der Waals surface area (Å²) in [6.07, 6.45) is 3.55. The quantitative estimate of drug-likeness (QED) is 0.746. The van der Waals surface area contributed by atoms with Crippen LogP contribution in [-0.4, -0.2) is 15.4 Å². The maximum atomic E-state index is 5.67. The first-order chi connectivity index (χ1) is 10.7. The number of aryl methyl sites for hydroxylation is 1. The second-order valence-corrected chi connectivity index (χ2v) is 7.49. The molecule has 1 aromatic carbocycles. The molecule has 1 aromatic heterocycles. The first-order valence-electron chi connectivity index (χ1n) is 7.99. The van der Waals surface area contributed by atoms with Gasteiger partial charge in [-0.05, 0) is 49.9 Å². The van der Waals surface area contributed by atoms with E-state index < -0.39 is 0 Å². The summed E-state index contributed by atoms with van der Waals surface area (Å²) in [6.45, 7) is 7.20. The Labute approximate surface area is 136 Å². The lowest BCUT2D eigenvalue weighted by molar-refractivity contribution is 0.457. The minimum absolute atomic E-state index is 0.514. The third-order valence-electron chi connectivity index (χ3n) is 3.95. The molecule has 1 saturated carbocycles. The van der Waals surface area contributed by atoms with Gasteiger partial charge in [0.1, 0.15) is 0 Å². The number of rotatable bonds is 7. The van der Waals surface area contributed by atoms with Crippen LogP contribution in [0, 0.1) is 6.92 Å². The normalized spacial score (nSPS) is 15.8. The van der Waals surface area contributed by atoms with Crippen molar-refractivity contribution in [2.75, 3.05) is 5.32 Å². The van der Waals surface area contributed by atoms with E-state index >= 15 is 0 Å². The minimum atomic E-state index is 0.514. The van der Waals surface area contributed by atoms with Crippen molar-refractivity contribution in [3.63, 3.8) is 0 Å². The van der Waals surface area contributed by atoms with Crippen molar-refractivity contribution in [1.82, 2.24) is 10.2 Å². The Morgan fingerprint density at radius 1 is 1.36 bits per heavy atom. The second-order valence-electron chi connectivity index (χ2n) is 5.98. The van der Waals surface area contributed by atoms with Gasteiger partial charge in [-0.2, -0.15) is 0 Å². The highest BCUT2D eigenvalue weighted by Gasteiger charge is 2.29. The van der Waals surface area contributed by atoms with Gasteiger partial charge in [-0.1, -0.05) is 13.8 Å². The van der Waals surface area contributed by atoms with E-state index in [0.717, 1.165) is 11.6 Å². The van der Waals surface area contributed by atoms with Gasteiger partial charge in [0.25, 0.3) is 0 Å². The van der Waals surface area contributed by atoms with Crippen molar-refractivity contribution in [2.24, 2.45) is 0 Å². The molecular weight excluding hydrogens is 294 g/mol. The molecule has 3 rings (SSSR count). The van der Waals surface area contributed by atoms with Gasteiger partial charge < -0.3 is 9.73 Å². The molecule has 1 aliphatic carbocycles. The number of hydrogen-bond donors (Lipinski definition) is 1. The molecule has 1 fully saturated rings.